The molecule has 4 bridgehead atoms. The molecule has 0 amide bonds. The molecule has 6 aliphatic heterocycles. The maximum Gasteiger partial charge on any atom is 0.283 e. The Morgan fingerprint density at radius 3 is 1.05 bits per heavy atom. The van der Waals surface area contributed by atoms with Gasteiger partial charge in [-0.25, -0.2) is 0 Å². The van der Waals surface area contributed by atoms with Crippen molar-refractivity contribution >= 4 is 0 Å². The van der Waals surface area contributed by atoms with Crippen molar-refractivity contribution in [3.63, 3.8) is 0 Å². The molecular weight excluding hydrogens is 264 g/mol. The van der Waals surface area contributed by atoms with Gasteiger partial charge >= 0.3 is 0 Å². The first-order valence-corrected chi connectivity index (χ1v) is 7.29. The Balaban J connectivity index is 1.39. The Morgan fingerprint density at radius 1 is 0.550 bits per heavy atom. The molecule has 0 spiro atoms. The van der Waals surface area contributed by atoms with Gasteiger partial charge in [0.15, 0.2) is 0 Å². The number of ether oxygens (including phenoxy) is 6. The van der Waals surface area contributed by atoms with Gasteiger partial charge in [-0.15, -0.1) is 0 Å². The largest absolute Gasteiger partial charge is 0.327 e. The van der Waals surface area contributed by atoms with E-state index in [0.717, 1.165) is 0 Å². The molecule has 6 nitrogen and oxygen atoms in total. The Morgan fingerprint density at radius 2 is 0.800 bits per heavy atom. The molecule has 0 N–H and O–H groups in total. The van der Waals surface area contributed by atoms with E-state index in [-0.39, 0.29) is 10.8 Å². The Hall–Kier alpha value is -0.240. The second kappa shape index (κ2) is 4.15. The lowest BCUT2D eigenvalue weighted by Crippen LogP contribution is -2.62. The Labute approximate surface area is 118 Å². The van der Waals surface area contributed by atoms with Crippen LogP contribution in [0, 0.1) is 10.8 Å². The predicted molar refractivity (Wildman–Crippen MR) is 66.6 cm³/mol. The van der Waals surface area contributed by atoms with E-state index in [9.17, 15) is 0 Å². The van der Waals surface area contributed by atoms with Crippen LogP contribution in [-0.4, -0.2) is 51.6 Å². The molecule has 6 aliphatic rings. The van der Waals surface area contributed by atoms with Crippen molar-refractivity contribution in [2.45, 2.75) is 38.6 Å². The van der Waals surface area contributed by atoms with Crippen LogP contribution in [-0.2, 0) is 28.4 Å². The Kier molecular flexibility index (Phi) is 2.79. The molecule has 6 saturated heterocycles. The summed E-state index contributed by atoms with van der Waals surface area (Å²) in [5.41, 5.74) is -0.0257. The van der Waals surface area contributed by atoms with E-state index >= 15 is 0 Å². The van der Waals surface area contributed by atoms with Crippen molar-refractivity contribution in [1.29, 1.82) is 0 Å². The van der Waals surface area contributed by atoms with Crippen molar-refractivity contribution in [3.8, 4) is 0 Å². The first-order chi connectivity index (χ1) is 9.45. The highest BCUT2D eigenvalue weighted by Crippen LogP contribution is 2.45. The lowest BCUT2D eigenvalue weighted by Gasteiger charge is -2.53. The zero-order chi connectivity index (χ0) is 13.9. The van der Waals surface area contributed by atoms with Crippen molar-refractivity contribution in [3.05, 3.63) is 0 Å². The predicted octanol–water partition coefficient (Wildman–Crippen LogP) is 1.24. The van der Waals surface area contributed by atoms with Gasteiger partial charge in [-0.3, -0.25) is 0 Å². The van der Waals surface area contributed by atoms with Crippen molar-refractivity contribution in [2.24, 2.45) is 10.8 Å². The molecular formula is C14H22O6. The summed E-state index contributed by atoms with van der Waals surface area (Å²) in [6.07, 6.45) is 1.08. The summed E-state index contributed by atoms with van der Waals surface area (Å²) in [6, 6.07) is 0. The molecule has 6 fully saturated rings. The van der Waals surface area contributed by atoms with Crippen LogP contribution in [0.2, 0.25) is 0 Å². The van der Waals surface area contributed by atoms with E-state index in [0.29, 0.717) is 52.5 Å². The van der Waals surface area contributed by atoms with E-state index in [2.05, 4.69) is 13.8 Å². The number of hydrogen-bond donors (Lipinski definition) is 0. The standard InChI is InChI=1S/C14H22O6/c1-11-5-15-13(16-6-11,17-7-11)3-4-14-18-8-12(2,9-19-14)10-20-14/h3-10H2,1-2H3. The van der Waals surface area contributed by atoms with Crippen LogP contribution in [0.4, 0.5) is 0 Å². The van der Waals surface area contributed by atoms with E-state index in [1.54, 1.807) is 0 Å². The van der Waals surface area contributed by atoms with Crippen LogP contribution >= 0.6 is 0 Å². The molecule has 6 rings (SSSR count). The summed E-state index contributed by atoms with van der Waals surface area (Å²) in [6.45, 7) is 8.21. The van der Waals surface area contributed by atoms with Gasteiger partial charge in [-0.2, -0.15) is 0 Å². The SMILES string of the molecule is CC12COC(CCC34OCC(C)(CO3)CO4)(OC1)OC2. The fraction of sp³-hybridized carbons (Fsp3) is 1.00. The molecule has 6 heterocycles. The van der Waals surface area contributed by atoms with Crippen LogP contribution < -0.4 is 0 Å². The molecule has 0 aliphatic carbocycles. The van der Waals surface area contributed by atoms with Crippen LogP contribution in [0.25, 0.3) is 0 Å². The van der Waals surface area contributed by atoms with E-state index in [4.69, 9.17) is 28.4 Å². The fourth-order valence-electron chi connectivity index (χ4n) is 2.94. The van der Waals surface area contributed by atoms with Crippen LogP contribution in [0.1, 0.15) is 26.7 Å². The quantitative estimate of drug-likeness (QED) is 0.778. The third-order valence-corrected chi connectivity index (χ3v) is 4.58. The molecule has 0 aromatic rings. The first-order valence-electron chi connectivity index (χ1n) is 7.29. The van der Waals surface area contributed by atoms with Crippen molar-refractivity contribution < 1.29 is 28.4 Å². The van der Waals surface area contributed by atoms with Crippen LogP contribution in [0.15, 0.2) is 0 Å². The van der Waals surface area contributed by atoms with E-state index in [1.807, 2.05) is 0 Å². The minimum absolute atomic E-state index is 0.0129. The van der Waals surface area contributed by atoms with Crippen molar-refractivity contribution in [2.75, 3.05) is 39.6 Å². The van der Waals surface area contributed by atoms with Gasteiger partial charge in [-0.05, 0) is 0 Å². The third-order valence-electron chi connectivity index (χ3n) is 4.58. The number of hydrogen-bond acceptors (Lipinski definition) is 6. The minimum Gasteiger partial charge on any atom is -0.327 e. The molecule has 0 atom stereocenters. The molecule has 0 unspecified atom stereocenters. The zero-order valence-corrected chi connectivity index (χ0v) is 12.1. The second-order valence-electron chi connectivity index (χ2n) is 7.22. The molecule has 0 radical (unpaired) electrons. The highest BCUT2D eigenvalue weighted by molar-refractivity contribution is 4.88. The van der Waals surface area contributed by atoms with Gasteiger partial charge in [0.2, 0.25) is 0 Å². The van der Waals surface area contributed by atoms with Gasteiger partial charge in [-0.1, -0.05) is 13.8 Å². The summed E-state index contributed by atoms with van der Waals surface area (Å²) in [4.78, 5) is 0. The highest BCUT2D eigenvalue weighted by Gasteiger charge is 2.55. The maximum atomic E-state index is 5.77. The normalized spacial score (nSPS) is 54.3. The molecule has 6 heteroatoms. The average Bonchev–Trinajstić information content (AvgIpc) is 2.49. The number of rotatable bonds is 3. The lowest BCUT2D eigenvalue weighted by atomic mass is 9.90. The summed E-state index contributed by atoms with van der Waals surface area (Å²) in [5, 5.41) is 0. The molecule has 0 saturated carbocycles. The molecule has 114 valence electrons. The van der Waals surface area contributed by atoms with E-state index in [1.165, 1.54) is 0 Å². The van der Waals surface area contributed by atoms with E-state index < -0.39 is 11.9 Å². The maximum absolute atomic E-state index is 5.77. The van der Waals surface area contributed by atoms with Gasteiger partial charge < -0.3 is 28.4 Å². The van der Waals surface area contributed by atoms with Gasteiger partial charge in [0.05, 0.1) is 39.6 Å². The molecule has 0 aromatic carbocycles. The Bertz CT molecular complexity index is 321. The van der Waals surface area contributed by atoms with Gasteiger partial charge in [0.25, 0.3) is 11.9 Å². The lowest BCUT2D eigenvalue weighted by molar-refractivity contribution is -0.493. The topological polar surface area (TPSA) is 55.4 Å². The summed E-state index contributed by atoms with van der Waals surface area (Å²) in [7, 11) is 0. The highest BCUT2D eigenvalue weighted by atomic mass is 16.9. The fourth-order valence-corrected chi connectivity index (χ4v) is 2.94. The minimum atomic E-state index is -0.944. The third kappa shape index (κ3) is 2.10. The first kappa shape index (κ1) is 13.4. The summed E-state index contributed by atoms with van der Waals surface area (Å²) >= 11 is 0. The van der Waals surface area contributed by atoms with Crippen molar-refractivity contribution in [1.82, 2.24) is 0 Å². The molecule has 0 aromatic heterocycles. The smallest absolute Gasteiger partial charge is 0.283 e. The van der Waals surface area contributed by atoms with Crippen LogP contribution in [0.5, 0.6) is 0 Å². The van der Waals surface area contributed by atoms with Gasteiger partial charge in [0.1, 0.15) is 0 Å². The second-order valence-corrected chi connectivity index (χ2v) is 7.22. The monoisotopic (exact) mass is 286 g/mol. The zero-order valence-electron chi connectivity index (χ0n) is 12.1. The summed E-state index contributed by atoms with van der Waals surface area (Å²) in [5.74, 6) is -1.89. The summed E-state index contributed by atoms with van der Waals surface area (Å²) < 4.78 is 34.6. The average molecular weight is 286 g/mol. The molecule has 20 heavy (non-hydrogen) atoms. The van der Waals surface area contributed by atoms with Crippen LogP contribution in [0.3, 0.4) is 0 Å². The van der Waals surface area contributed by atoms with Gasteiger partial charge in [0, 0.05) is 23.7 Å². The number of fused-ring (bicyclic) bond motifs is 6.